The molecule has 1 aliphatic rings. The Morgan fingerprint density at radius 3 is 2.81 bits per heavy atom. The van der Waals surface area contributed by atoms with Gasteiger partial charge in [0.05, 0.1) is 0 Å². The lowest BCUT2D eigenvalue weighted by Crippen LogP contribution is -2.33. The van der Waals surface area contributed by atoms with Crippen LogP contribution in [0, 0.1) is 11.6 Å². The van der Waals surface area contributed by atoms with Crippen LogP contribution in [-0.4, -0.2) is 12.1 Å². The lowest BCUT2D eigenvalue weighted by Gasteiger charge is -2.27. The minimum atomic E-state index is -0.527. The van der Waals surface area contributed by atoms with Crippen molar-refractivity contribution in [1.29, 1.82) is 0 Å². The van der Waals surface area contributed by atoms with Gasteiger partial charge in [-0.3, -0.25) is 0 Å². The molecule has 2 rings (SSSR count). The molecule has 0 aliphatic heterocycles. The van der Waals surface area contributed by atoms with Crippen molar-refractivity contribution in [2.24, 2.45) is 5.73 Å². The third-order valence-corrected chi connectivity index (χ3v) is 2.85. The number of hydrogen-bond donors (Lipinski definition) is 1. The number of nitrogens with two attached hydrogens (primary N) is 1. The van der Waals surface area contributed by atoms with E-state index in [1.165, 1.54) is 0 Å². The predicted molar refractivity (Wildman–Crippen MR) is 57.2 cm³/mol. The average molecular weight is 227 g/mol. The predicted octanol–water partition coefficient (Wildman–Crippen LogP) is 2.61. The van der Waals surface area contributed by atoms with Crippen molar-refractivity contribution in [3.63, 3.8) is 0 Å². The first-order valence-corrected chi connectivity index (χ1v) is 5.52. The summed E-state index contributed by atoms with van der Waals surface area (Å²) >= 11 is 0. The van der Waals surface area contributed by atoms with Crippen LogP contribution in [0.4, 0.5) is 8.78 Å². The number of benzene rings is 1. The van der Waals surface area contributed by atoms with Crippen molar-refractivity contribution in [1.82, 2.24) is 0 Å². The molecule has 2 unspecified atom stereocenters. The van der Waals surface area contributed by atoms with Gasteiger partial charge in [0.2, 0.25) is 0 Å². The normalized spacial score (nSPS) is 25.4. The molecule has 2 N–H and O–H groups in total. The van der Waals surface area contributed by atoms with Crippen molar-refractivity contribution in [2.45, 2.75) is 37.8 Å². The van der Waals surface area contributed by atoms with Gasteiger partial charge in [-0.05, 0) is 37.8 Å². The molecule has 0 heterocycles. The molecule has 1 aromatic rings. The zero-order valence-electron chi connectivity index (χ0n) is 8.96. The maximum atomic E-state index is 13.3. The van der Waals surface area contributed by atoms with Crippen molar-refractivity contribution in [3.05, 3.63) is 29.8 Å². The number of hydrogen-bond acceptors (Lipinski definition) is 2. The highest BCUT2D eigenvalue weighted by Gasteiger charge is 2.21. The van der Waals surface area contributed by atoms with Crippen LogP contribution in [0.15, 0.2) is 18.2 Å². The molecule has 0 spiro atoms. The molecule has 1 aliphatic carbocycles. The molecule has 16 heavy (non-hydrogen) atoms. The van der Waals surface area contributed by atoms with Gasteiger partial charge >= 0.3 is 0 Å². The largest absolute Gasteiger partial charge is 0.487 e. The Kier molecular flexibility index (Phi) is 3.39. The van der Waals surface area contributed by atoms with E-state index in [0.29, 0.717) is 6.42 Å². The standard InChI is InChI=1S/C12H15F2NO/c13-8-4-5-11(14)12(6-8)16-10-3-1-2-9(15)7-10/h4-6,9-10H,1-3,7,15H2. The Bertz CT molecular complexity index is 370. The summed E-state index contributed by atoms with van der Waals surface area (Å²) in [5.74, 6) is -1.03. The molecule has 1 fully saturated rings. The smallest absolute Gasteiger partial charge is 0.165 e. The summed E-state index contributed by atoms with van der Waals surface area (Å²) in [5, 5.41) is 0. The molecule has 0 amide bonds. The second-order valence-corrected chi connectivity index (χ2v) is 4.24. The number of ether oxygens (including phenoxy) is 1. The number of rotatable bonds is 2. The Hall–Kier alpha value is -1.16. The third-order valence-electron chi connectivity index (χ3n) is 2.85. The lowest BCUT2D eigenvalue weighted by molar-refractivity contribution is 0.138. The lowest BCUT2D eigenvalue weighted by atomic mass is 9.93. The van der Waals surface area contributed by atoms with Crippen LogP contribution in [0.3, 0.4) is 0 Å². The Balaban J connectivity index is 2.05. The highest BCUT2D eigenvalue weighted by molar-refractivity contribution is 5.25. The summed E-state index contributed by atoms with van der Waals surface area (Å²) in [5.41, 5.74) is 5.80. The van der Waals surface area contributed by atoms with Gasteiger partial charge in [0.1, 0.15) is 11.9 Å². The molecule has 0 aromatic heterocycles. The third kappa shape index (κ3) is 2.70. The van der Waals surface area contributed by atoms with E-state index in [9.17, 15) is 8.78 Å². The van der Waals surface area contributed by atoms with Crippen molar-refractivity contribution < 1.29 is 13.5 Å². The zero-order valence-corrected chi connectivity index (χ0v) is 8.96. The van der Waals surface area contributed by atoms with Gasteiger partial charge in [-0.15, -0.1) is 0 Å². The quantitative estimate of drug-likeness (QED) is 0.842. The summed E-state index contributed by atoms with van der Waals surface area (Å²) in [6.07, 6.45) is 3.41. The van der Waals surface area contributed by atoms with E-state index in [1.807, 2.05) is 0 Å². The van der Waals surface area contributed by atoms with E-state index < -0.39 is 11.6 Å². The van der Waals surface area contributed by atoms with Gasteiger partial charge in [-0.2, -0.15) is 0 Å². The van der Waals surface area contributed by atoms with Crippen LogP contribution >= 0.6 is 0 Å². The first kappa shape index (κ1) is 11.3. The molecule has 0 radical (unpaired) electrons. The van der Waals surface area contributed by atoms with Gasteiger partial charge in [0.25, 0.3) is 0 Å². The Labute approximate surface area is 93.4 Å². The minimum Gasteiger partial charge on any atom is -0.487 e. The highest BCUT2D eigenvalue weighted by Crippen LogP contribution is 2.25. The highest BCUT2D eigenvalue weighted by atomic mass is 19.1. The molecule has 1 saturated carbocycles. The molecule has 1 aromatic carbocycles. The molecular weight excluding hydrogens is 212 g/mol. The summed E-state index contributed by atoms with van der Waals surface area (Å²) in [4.78, 5) is 0. The monoisotopic (exact) mass is 227 g/mol. The van der Waals surface area contributed by atoms with Crippen LogP contribution in [0.2, 0.25) is 0 Å². The molecular formula is C12H15F2NO. The SMILES string of the molecule is NC1CCCC(Oc2cc(F)ccc2F)C1. The van der Waals surface area contributed by atoms with Crippen LogP contribution in [-0.2, 0) is 0 Å². The Morgan fingerprint density at radius 1 is 1.25 bits per heavy atom. The van der Waals surface area contributed by atoms with E-state index in [2.05, 4.69) is 0 Å². The van der Waals surface area contributed by atoms with Gasteiger partial charge in [-0.1, -0.05) is 0 Å². The summed E-state index contributed by atoms with van der Waals surface area (Å²) in [6, 6.07) is 3.34. The first-order chi connectivity index (χ1) is 7.65. The molecule has 0 bridgehead atoms. The fourth-order valence-corrected chi connectivity index (χ4v) is 2.04. The molecule has 88 valence electrons. The minimum absolute atomic E-state index is 0.0147. The summed E-state index contributed by atoms with van der Waals surface area (Å²) < 4.78 is 31.6. The molecule has 0 saturated heterocycles. The van der Waals surface area contributed by atoms with Crippen molar-refractivity contribution in [3.8, 4) is 5.75 Å². The second kappa shape index (κ2) is 4.78. The maximum absolute atomic E-state index is 13.3. The maximum Gasteiger partial charge on any atom is 0.165 e. The van der Waals surface area contributed by atoms with E-state index >= 15 is 0 Å². The van der Waals surface area contributed by atoms with Gasteiger partial charge in [0, 0.05) is 12.1 Å². The van der Waals surface area contributed by atoms with Crippen LogP contribution < -0.4 is 10.5 Å². The van der Waals surface area contributed by atoms with Crippen molar-refractivity contribution in [2.75, 3.05) is 0 Å². The fourth-order valence-electron chi connectivity index (χ4n) is 2.04. The van der Waals surface area contributed by atoms with E-state index in [-0.39, 0.29) is 17.9 Å². The Morgan fingerprint density at radius 2 is 2.06 bits per heavy atom. The molecule has 2 atom stereocenters. The van der Waals surface area contributed by atoms with Crippen LogP contribution in [0.5, 0.6) is 5.75 Å². The average Bonchev–Trinajstić information content (AvgIpc) is 2.24. The van der Waals surface area contributed by atoms with Gasteiger partial charge in [-0.25, -0.2) is 8.78 Å². The van der Waals surface area contributed by atoms with Crippen molar-refractivity contribution >= 4 is 0 Å². The van der Waals surface area contributed by atoms with E-state index in [4.69, 9.17) is 10.5 Å². The molecule has 2 nitrogen and oxygen atoms in total. The van der Waals surface area contributed by atoms with Crippen LogP contribution in [0.1, 0.15) is 25.7 Å². The summed E-state index contributed by atoms with van der Waals surface area (Å²) in [7, 11) is 0. The zero-order chi connectivity index (χ0) is 11.5. The fraction of sp³-hybridized carbons (Fsp3) is 0.500. The first-order valence-electron chi connectivity index (χ1n) is 5.52. The topological polar surface area (TPSA) is 35.2 Å². The van der Waals surface area contributed by atoms with Gasteiger partial charge < -0.3 is 10.5 Å². The van der Waals surface area contributed by atoms with Crippen LogP contribution in [0.25, 0.3) is 0 Å². The van der Waals surface area contributed by atoms with Gasteiger partial charge in [0.15, 0.2) is 11.6 Å². The van der Waals surface area contributed by atoms with E-state index in [0.717, 1.165) is 37.5 Å². The van der Waals surface area contributed by atoms with E-state index in [1.54, 1.807) is 0 Å². The molecule has 4 heteroatoms. The second-order valence-electron chi connectivity index (χ2n) is 4.24. The summed E-state index contributed by atoms with van der Waals surface area (Å²) in [6.45, 7) is 0. The number of halogens is 2.